The second-order valence-corrected chi connectivity index (χ2v) is 6.37. The zero-order valence-electron chi connectivity index (χ0n) is 12.5. The van der Waals surface area contributed by atoms with Gasteiger partial charge >= 0.3 is 0 Å². The molecule has 0 N–H and O–H groups in total. The lowest BCUT2D eigenvalue weighted by Gasteiger charge is -2.28. The maximum Gasteiger partial charge on any atom is 0.258 e. The molecule has 0 radical (unpaired) electrons. The summed E-state index contributed by atoms with van der Waals surface area (Å²) in [4.78, 5) is 24.5. The number of carbonyl (C=O) groups excluding carboxylic acids is 2. The summed E-state index contributed by atoms with van der Waals surface area (Å²) in [5, 5.41) is 0. The largest absolute Gasteiger partial charge is 0.269 e. The Kier molecular flexibility index (Phi) is 3.80. The summed E-state index contributed by atoms with van der Waals surface area (Å²) in [6, 6.07) is 7.72. The van der Waals surface area contributed by atoms with Gasteiger partial charge in [0.25, 0.3) is 11.8 Å². The molecular weight excluding hydrogens is 250 g/mol. The Bertz CT molecular complexity index is 535. The minimum absolute atomic E-state index is 0.0873. The summed E-state index contributed by atoms with van der Waals surface area (Å²) in [6.45, 7) is 8.86. The Hall–Kier alpha value is -1.90. The highest BCUT2D eigenvalue weighted by molar-refractivity contribution is 6.28. The minimum atomic E-state index is -0.274. The lowest BCUT2D eigenvalue weighted by atomic mass is 9.78. The van der Waals surface area contributed by atoms with Crippen LogP contribution in [0.1, 0.15) is 39.7 Å². The minimum Gasteiger partial charge on any atom is -0.269 e. The summed E-state index contributed by atoms with van der Waals surface area (Å²) in [5.74, 6) is 0.0731. The molecule has 0 bridgehead atoms. The van der Waals surface area contributed by atoms with Crippen molar-refractivity contribution in [2.24, 2.45) is 5.92 Å². The van der Waals surface area contributed by atoms with Gasteiger partial charge in [-0.05, 0) is 35.4 Å². The van der Waals surface area contributed by atoms with E-state index in [4.69, 9.17) is 0 Å². The van der Waals surface area contributed by atoms with Gasteiger partial charge in [-0.25, -0.2) is 4.90 Å². The maximum atomic E-state index is 11.6. The number of hydrogen-bond donors (Lipinski definition) is 0. The molecule has 3 nitrogen and oxygen atoms in total. The molecule has 1 heterocycles. The topological polar surface area (TPSA) is 37.4 Å². The zero-order valence-corrected chi connectivity index (χ0v) is 12.5. The predicted molar refractivity (Wildman–Crippen MR) is 80.6 cm³/mol. The summed E-state index contributed by atoms with van der Waals surface area (Å²) in [5.41, 5.74) is 1.94. The van der Waals surface area contributed by atoms with Gasteiger partial charge in [0, 0.05) is 12.2 Å². The highest BCUT2D eigenvalue weighted by Crippen LogP contribution is 2.32. The highest BCUT2D eigenvalue weighted by Gasteiger charge is 2.26. The Morgan fingerprint density at radius 3 is 1.95 bits per heavy atom. The van der Waals surface area contributed by atoms with Crippen LogP contribution in [-0.4, -0.2) is 11.8 Å². The molecule has 0 saturated carbocycles. The van der Waals surface area contributed by atoms with E-state index < -0.39 is 0 Å². The number of rotatable bonds is 4. The second-order valence-electron chi connectivity index (χ2n) is 6.37. The third-order valence-corrected chi connectivity index (χ3v) is 3.63. The van der Waals surface area contributed by atoms with E-state index in [-0.39, 0.29) is 17.2 Å². The van der Waals surface area contributed by atoms with Crippen LogP contribution in [0.5, 0.6) is 0 Å². The van der Waals surface area contributed by atoms with Gasteiger partial charge in [-0.3, -0.25) is 9.59 Å². The standard InChI is InChI=1S/C17H21NO2/c1-12(2)11-17(3,4)13-5-7-14(8-6-13)18-15(19)9-10-16(18)20/h5-10,12H,11H2,1-4H3. The van der Waals surface area contributed by atoms with Crippen molar-refractivity contribution in [1.29, 1.82) is 0 Å². The molecule has 1 aromatic rings. The van der Waals surface area contributed by atoms with Crippen LogP contribution >= 0.6 is 0 Å². The Morgan fingerprint density at radius 2 is 1.50 bits per heavy atom. The van der Waals surface area contributed by atoms with Crippen molar-refractivity contribution in [1.82, 2.24) is 0 Å². The van der Waals surface area contributed by atoms with Crippen molar-refractivity contribution in [2.75, 3.05) is 4.90 Å². The lowest BCUT2D eigenvalue weighted by molar-refractivity contribution is -0.119. The highest BCUT2D eigenvalue weighted by atomic mass is 16.2. The Balaban J connectivity index is 2.23. The third-order valence-electron chi connectivity index (χ3n) is 3.63. The van der Waals surface area contributed by atoms with Gasteiger partial charge in [-0.1, -0.05) is 39.8 Å². The zero-order chi connectivity index (χ0) is 14.9. The lowest BCUT2D eigenvalue weighted by Crippen LogP contribution is -2.29. The van der Waals surface area contributed by atoms with Crippen molar-refractivity contribution in [2.45, 2.75) is 39.5 Å². The van der Waals surface area contributed by atoms with Crippen LogP contribution in [0, 0.1) is 5.92 Å². The van der Waals surface area contributed by atoms with E-state index in [1.165, 1.54) is 22.6 Å². The smallest absolute Gasteiger partial charge is 0.258 e. The first kappa shape index (κ1) is 14.5. The van der Waals surface area contributed by atoms with Crippen LogP contribution in [0.4, 0.5) is 5.69 Å². The molecule has 106 valence electrons. The van der Waals surface area contributed by atoms with Gasteiger partial charge in [0.1, 0.15) is 0 Å². The molecule has 1 aliphatic heterocycles. The third kappa shape index (κ3) is 2.82. The Morgan fingerprint density at radius 1 is 1.00 bits per heavy atom. The average Bonchev–Trinajstić information content (AvgIpc) is 2.68. The molecular formula is C17H21NO2. The molecule has 20 heavy (non-hydrogen) atoms. The number of benzene rings is 1. The first-order valence-corrected chi connectivity index (χ1v) is 6.98. The first-order valence-electron chi connectivity index (χ1n) is 6.98. The summed E-state index contributed by atoms with van der Waals surface area (Å²) in [6.07, 6.45) is 3.70. The van der Waals surface area contributed by atoms with Crippen LogP contribution in [-0.2, 0) is 15.0 Å². The molecule has 1 aromatic carbocycles. The van der Waals surface area contributed by atoms with Gasteiger partial charge in [-0.15, -0.1) is 0 Å². The molecule has 3 heteroatoms. The molecule has 1 aliphatic rings. The summed E-state index contributed by atoms with van der Waals surface area (Å²) >= 11 is 0. The van der Waals surface area contributed by atoms with E-state index in [9.17, 15) is 9.59 Å². The molecule has 2 rings (SSSR count). The Labute approximate surface area is 120 Å². The monoisotopic (exact) mass is 271 g/mol. The van der Waals surface area contributed by atoms with Crippen LogP contribution in [0.25, 0.3) is 0 Å². The van der Waals surface area contributed by atoms with Gasteiger partial charge in [0.15, 0.2) is 0 Å². The molecule has 0 unspecified atom stereocenters. The van der Waals surface area contributed by atoms with Crippen molar-refractivity contribution in [3.63, 3.8) is 0 Å². The van der Waals surface area contributed by atoms with E-state index >= 15 is 0 Å². The van der Waals surface area contributed by atoms with Gasteiger partial charge in [0.05, 0.1) is 5.69 Å². The van der Waals surface area contributed by atoms with Crippen molar-refractivity contribution < 1.29 is 9.59 Å². The fourth-order valence-corrected chi connectivity index (χ4v) is 2.85. The second kappa shape index (κ2) is 5.23. The number of anilines is 1. The van der Waals surface area contributed by atoms with E-state index in [1.54, 1.807) is 0 Å². The number of nitrogens with zero attached hydrogens (tertiary/aromatic N) is 1. The van der Waals surface area contributed by atoms with E-state index in [1.807, 2.05) is 24.3 Å². The molecule has 0 fully saturated rings. The fraction of sp³-hybridized carbons (Fsp3) is 0.412. The number of hydrogen-bond acceptors (Lipinski definition) is 2. The molecule has 2 amide bonds. The molecule has 0 saturated heterocycles. The van der Waals surface area contributed by atoms with Crippen LogP contribution < -0.4 is 4.90 Å². The van der Waals surface area contributed by atoms with E-state index in [0.717, 1.165) is 6.42 Å². The molecule has 0 atom stereocenters. The van der Waals surface area contributed by atoms with Crippen molar-refractivity contribution in [3.8, 4) is 0 Å². The van der Waals surface area contributed by atoms with Crippen LogP contribution in [0.3, 0.4) is 0 Å². The maximum absolute atomic E-state index is 11.6. The fourth-order valence-electron chi connectivity index (χ4n) is 2.85. The molecule has 0 aromatic heterocycles. The summed E-state index contributed by atoms with van der Waals surface area (Å²) < 4.78 is 0. The van der Waals surface area contributed by atoms with Crippen molar-refractivity contribution in [3.05, 3.63) is 42.0 Å². The quantitative estimate of drug-likeness (QED) is 0.787. The average molecular weight is 271 g/mol. The normalized spacial score (nSPS) is 15.6. The van der Waals surface area contributed by atoms with Crippen LogP contribution in [0.15, 0.2) is 36.4 Å². The SMILES string of the molecule is CC(C)CC(C)(C)c1ccc(N2C(=O)C=CC2=O)cc1. The number of carbonyl (C=O) groups is 2. The molecule has 0 spiro atoms. The van der Waals surface area contributed by atoms with Gasteiger partial charge < -0.3 is 0 Å². The number of amides is 2. The van der Waals surface area contributed by atoms with Crippen LogP contribution in [0.2, 0.25) is 0 Å². The summed E-state index contributed by atoms with van der Waals surface area (Å²) in [7, 11) is 0. The van der Waals surface area contributed by atoms with E-state index in [2.05, 4.69) is 27.7 Å². The van der Waals surface area contributed by atoms with E-state index in [0.29, 0.717) is 11.6 Å². The molecule has 0 aliphatic carbocycles. The van der Waals surface area contributed by atoms with Gasteiger partial charge in [-0.2, -0.15) is 0 Å². The van der Waals surface area contributed by atoms with Gasteiger partial charge in [0.2, 0.25) is 0 Å². The first-order chi connectivity index (χ1) is 9.31. The number of imide groups is 1. The predicted octanol–water partition coefficient (Wildman–Crippen LogP) is 3.44. The van der Waals surface area contributed by atoms with Crippen molar-refractivity contribution >= 4 is 17.5 Å².